The van der Waals surface area contributed by atoms with Crippen molar-refractivity contribution in [1.82, 2.24) is 10.6 Å². The Bertz CT molecular complexity index is 647. The van der Waals surface area contributed by atoms with E-state index in [9.17, 15) is 4.79 Å². The second kappa shape index (κ2) is 5.90. The van der Waals surface area contributed by atoms with Gasteiger partial charge in [0.2, 0.25) is 5.91 Å². The predicted molar refractivity (Wildman–Crippen MR) is 83.0 cm³/mol. The normalized spacial score (nSPS) is 22.4. The van der Waals surface area contributed by atoms with E-state index in [-0.39, 0.29) is 11.8 Å². The van der Waals surface area contributed by atoms with Crippen molar-refractivity contribution in [2.24, 2.45) is 5.92 Å². The lowest BCUT2D eigenvalue weighted by Crippen LogP contribution is -2.42. The van der Waals surface area contributed by atoms with Crippen molar-refractivity contribution < 1.29 is 9.21 Å². The van der Waals surface area contributed by atoms with Crippen LogP contribution >= 0.6 is 0 Å². The number of para-hydroxylation sites is 1. The molecule has 2 atom stereocenters. The smallest absolute Gasteiger partial charge is 0.223 e. The van der Waals surface area contributed by atoms with Gasteiger partial charge in [0.25, 0.3) is 0 Å². The summed E-state index contributed by atoms with van der Waals surface area (Å²) in [6, 6.07) is 8.39. The van der Waals surface area contributed by atoms with Gasteiger partial charge >= 0.3 is 0 Å². The van der Waals surface area contributed by atoms with Gasteiger partial charge in [0, 0.05) is 22.9 Å². The summed E-state index contributed by atoms with van der Waals surface area (Å²) in [5.41, 5.74) is 2.00. The Balaban J connectivity index is 1.66. The Labute approximate surface area is 124 Å². The first-order valence-electron chi connectivity index (χ1n) is 7.63. The SMILES string of the molecule is Cc1c(CNC(=O)[C@H]2CCN[C@@H](C)C2)oc2ccccc12. The zero-order valence-corrected chi connectivity index (χ0v) is 12.6. The molecule has 0 radical (unpaired) electrons. The van der Waals surface area contributed by atoms with Gasteiger partial charge in [-0.05, 0) is 39.3 Å². The van der Waals surface area contributed by atoms with Crippen LogP contribution in [0.1, 0.15) is 31.1 Å². The third-order valence-corrected chi connectivity index (χ3v) is 4.36. The predicted octanol–water partition coefficient (Wildman–Crippen LogP) is 2.75. The molecular formula is C17H22N2O2. The lowest BCUT2D eigenvalue weighted by atomic mass is 9.92. The fourth-order valence-electron chi connectivity index (χ4n) is 3.08. The van der Waals surface area contributed by atoms with Crippen LogP contribution in [0, 0.1) is 12.8 Å². The largest absolute Gasteiger partial charge is 0.459 e. The van der Waals surface area contributed by atoms with Gasteiger partial charge in [-0.2, -0.15) is 0 Å². The highest BCUT2D eigenvalue weighted by molar-refractivity contribution is 5.82. The molecule has 112 valence electrons. The van der Waals surface area contributed by atoms with Crippen molar-refractivity contribution in [1.29, 1.82) is 0 Å². The van der Waals surface area contributed by atoms with Crippen LogP contribution in [0.15, 0.2) is 28.7 Å². The van der Waals surface area contributed by atoms with E-state index >= 15 is 0 Å². The second-order valence-corrected chi connectivity index (χ2v) is 5.94. The Morgan fingerprint density at radius 2 is 2.24 bits per heavy atom. The highest BCUT2D eigenvalue weighted by Gasteiger charge is 2.24. The number of amides is 1. The third kappa shape index (κ3) is 2.95. The third-order valence-electron chi connectivity index (χ3n) is 4.36. The average molecular weight is 286 g/mol. The number of aryl methyl sites for hydroxylation is 1. The first-order valence-corrected chi connectivity index (χ1v) is 7.63. The van der Waals surface area contributed by atoms with E-state index in [1.165, 1.54) is 0 Å². The minimum Gasteiger partial charge on any atom is -0.459 e. The highest BCUT2D eigenvalue weighted by Crippen LogP contribution is 2.25. The standard InChI is InChI=1S/C17H22N2O2/c1-11-9-13(7-8-18-11)17(20)19-10-16-12(2)14-5-3-4-6-15(14)21-16/h3-6,11,13,18H,7-10H2,1-2H3,(H,19,20)/t11-,13-/m0/s1. The van der Waals surface area contributed by atoms with E-state index in [0.717, 1.165) is 41.7 Å². The molecular weight excluding hydrogens is 264 g/mol. The molecule has 21 heavy (non-hydrogen) atoms. The Kier molecular flexibility index (Phi) is 3.97. The molecule has 1 amide bonds. The molecule has 2 N–H and O–H groups in total. The van der Waals surface area contributed by atoms with Crippen LogP contribution in [0.4, 0.5) is 0 Å². The summed E-state index contributed by atoms with van der Waals surface area (Å²) in [5.74, 6) is 1.11. The zero-order chi connectivity index (χ0) is 14.8. The number of rotatable bonds is 3. The van der Waals surface area contributed by atoms with E-state index in [1.807, 2.05) is 31.2 Å². The molecule has 1 aromatic heterocycles. The maximum atomic E-state index is 12.3. The van der Waals surface area contributed by atoms with Gasteiger partial charge in [0.1, 0.15) is 11.3 Å². The number of carbonyl (C=O) groups excluding carboxylic acids is 1. The van der Waals surface area contributed by atoms with E-state index in [0.29, 0.717) is 12.6 Å². The molecule has 1 aliphatic rings. The van der Waals surface area contributed by atoms with Gasteiger partial charge in [-0.25, -0.2) is 0 Å². The summed E-state index contributed by atoms with van der Waals surface area (Å²) < 4.78 is 5.83. The van der Waals surface area contributed by atoms with E-state index in [1.54, 1.807) is 0 Å². The van der Waals surface area contributed by atoms with Crippen LogP contribution < -0.4 is 10.6 Å². The number of carbonyl (C=O) groups is 1. The second-order valence-electron chi connectivity index (χ2n) is 5.94. The Hall–Kier alpha value is -1.81. The Morgan fingerprint density at radius 1 is 1.43 bits per heavy atom. The summed E-state index contributed by atoms with van der Waals surface area (Å²) in [6.45, 7) is 5.56. The monoisotopic (exact) mass is 286 g/mol. The summed E-state index contributed by atoms with van der Waals surface area (Å²) >= 11 is 0. The highest BCUT2D eigenvalue weighted by atomic mass is 16.3. The summed E-state index contributed by atoms with van der Waals surface area (Å²) in [4.78, 5) is 12.3. The van der Waals surface area contributed by atoms with Gasteiger partial charge < -0.3 is 15.1 Å². The van der Waals surface area contributed by atoms with Crippen LogP contribution in [-0.2, 0) is 11.3 Å². The van der Waals surface area contributed by atoms with Crippen LogP contribution in [0.2, 0.25) is 0 Å². The number of fused-ring (bicyclic) bond motifs is 1. The fourth-order valence-corrected chi connectivity index (χ4v) is 3.08. The minimum absolute atomic E-state index is 0.117. The van der Waals surface area contributed by atoms with Gasteiger partial charge in [-0.3, -0.25) is 4.79 Å². The summed E-state index contributed by atoms with van der Waals surface area (Å²) in [5, 5.41) is 7.52. The number of hydrogen-bond acceptors (Lipinski definition) is 3. The van der Waals surface area contributed by atoms with Crippen molar-refractivity contribution in [3.63, 3.8) is 0 Å². The van der Waals surface area contributed by atoms with Crippen molar-refractivity contribution in [2.45, 2.75) is 39.3 Å². The van der Waals surface area contributed by atoms with Gasteiger partial charge in [0.15, 0.2) is 0 Å². The molecule has 0 unspecified atom stereocenters. The summed E-state index contributed by atoms with van der Waals surface area (Å²) in [7, 11) is 0. The first-order chi connectivity index (χ1) is 10.1. The zero-order valence-electron chi connectivity index (χ0n) is 12.6. The van der Waals surface area contributed by atoms with E-state index < -0.39 is 0 Å². The number of hydrogen-bond donors (Lipinski definition) is 2. The quantitative estimate of drug-likeness (QED) is 0.912. The Morgan fingerprint density at radius 3 is 3.00 bits per heavy atom. The van der Waals surface area contributed by atoms with Crippen molar-refractivity contribution in [3.8, 4) is 0 Å². The van der Waals surface area contributed by atoms with Crippen LogP contribution in [0.3, 0.4) is 0 Å². The lowest BCUT2D eigenvalue weighted by Gasteiger charge is -2.26. The molecule has 0 saturated carbocycles. The maximum absolute atomic E-state index is 12.3. The van der Waals surface area contributed by atoms with Gasteiger partial charge in [-0.1, -0.05) is 18.2 Å². The number of benzene rings is 1. The van der Waals surface area contributed by atoms with Crippen molar-refractivity contribution in [3.05, 3.63) is 35.6 Å². The topological polar surface area (TPSA) is 54.3 Å². The van der Waals surface area contributed by atoms with Crippen LogP contribution in [0.25, 0.3) is 11.0 Å². The molecule has 0 bridgehead atoms. The number of furan rings is 1. The average Bonchev–Trinajstić information content (AvgIpc) is 2.82. The van der Waals surface area contributed by atoms with Gasteiger partial charge in [0.05, 0.1) is 6.54 Å². The molecule has 2 heterocycles. The fraction of sp³-hybridized carbons (Fsp3) is 0.471. The number of nitrogens with one attached hydrogen (secondary N) is 2. The maximum Gasteiger partial charge on any atom is 0.223 e. The molecule has 4 heteroatoms. The molecule has 2 aromatic rings. The molecule has 0 aliphatic carbocycles. The first kappa shape index (κ1) is 14.1. The number of piperidine rings is 1. The molecule has 1 fully saturated rings. The molecule has 4 nitrogen and oxygen atoms in total. The molecule has 1 saturated heterocycles. The van der Waals surface area contributed by atoms with Gasteiger partial charge in [-0.15, -0.1) is 0 Å². The van der Waals surface area contributed by atoms with Crippen molar-refractivity contribution >= 4 is 16.9 Å². The molecule has 3 rings (SSSR count). The van der Waals surface area contributed by atoms with E-state index in [4.69, 9.17) is 4.42 Å². The van der Waals surface area contributed by atoms with Crippen LogP contribution in [0.5, 0.6) is 0 Å². The molecule has 1 aliphatic heterocycles. The molecule has 0 spiro atoms. The van der Waals surface area contributed by atoms with E-state index in [2.05, 4.69) is 17.6 Å². The van der Waals surface area contributed by atoms with Crippen LogP contribution in [-0.4, -0.2) is 18.5 Å². The molecule has 1 aromatic carbocycles. The lowest BCUT2D eigenvalue weighted by molar-refractivity contribution is -0.126. The minimum atomic E-state index is 0.117. The van der Waals surface area contributed by atoms with Crippen molar-refractivity contribution in [2.75, 3.05) is 6.54 Å². The summed E-state index contributed by atoms with van der Waals surface area (Å²) in [6.07, 6.45) is 1.82.